The zero-order valence-electron chi connectivity index (χ0n) is 9.16. The van der Waals surface area contributed by atoms with Crippen molar-refractivity contribution < 1.29 is 9.53 Å². The van der Waals surface area contributed by atoms with Gasteiger partial charge in [-0.2, -0.15) is 0 Å². The van der Waals surface area contributed by atoms with Gasteiger partial charge in [-0.3, -0.25) is 4.79 Å². The van der Waals surface area contributed by atoms with Crippen molar-refractivity contribution in [2.24, 2.45) is 0 Å². The molecule has 0 fully saturated rings. The second-order valence-corrected chi connectivity index (χ2v) is 4.09. The zero-order valence-corrected chi connectivity index (χ0v) is 9.91. The minimum Gasteiger partial charge on any atom is -0.462 e. The highest BCUT2D eigenvalue weighted by Gasteiger charge is 2.16. The molecular weight excluding hydrogens is 212 g/mol. The van der Waals surface area contributed by atoms with E-state index < -0.39 is 0 Å². The fraction of sp³-hybridized carbons (Fsp3) is 0.417. The van der Waals surface area contributed by atoms with Gasteiger partial charge in [-0.1, -0.05) is 30.7 Å². The van der Waals surface area contributed by atoms with E-state index in [9.17, 15) is 4.79 Å². The predicted molar refractivity (Wildman–Crippen MR) is 61.1 cm³/mol. The fourth-order valence-electron chi connectivity index (χ4n) is 1.42. The van der Waals surface area contributed by atoms with Crippen molar-refractivity contribution in [1.29, 1.82) is 0 Å². The van der Waals surface area contributed by atoms with Crippen LogP contribution in [0.15, 0.2) is 24.3 Å². The number of carbonyl (C=O) groups excluding carboxylic acids is 1. The van der Waals surface area contributed by atoms with Crippen LogP contribution in [0.25, 0.3) is 0 Å². The summed E-state index contributed by atoms with van der Waals surface area (Å²) in [4.78, 5) is 10.8. The van der Waals surface area contributed by atoms with E-state index in [4.69, 9.17) is 16.3 Å². The lowest BCUT2D eigenvalue weighted by Gasteiger charge is -2.20. The number of esters is 1. The van der Waals surface area contributed by atoms with Crippen LogP contribution in [-0.2, 0) is 9.53 Å². The summed E-state index contributed by atoms with van der Waals surface area (Å²) in [5.74, 6) is -0.107. The van der Waals surface area contributed by atoms with E-state index in [1.807, 2.05) is 38.1 Å². The number of carbonyl (C=O) groups is 1. The minimum atomic E-state index is -0.253. The summed E-state index contributed by atoms with van der Waals surface area (Å²) >= 11 is 5.89. The molecule has 0 aliphatic heterocycles. The smallest absolute Gasteiger partial charge is 0.302 e. The van der Waals surface area contributed by atoms with Gasteiger partial charge in [-0.15, -0.1) is 0 Å². The molecule has 0 heterocycles. The molecule has 15 heavy (non-hydrogen) atoms. The largest absolute Gasteiger partial charge is 0.462 e. The summed E-state index contributed by atoms with van der Waals surface area (Å²) < 4.78 is 5.12. The standard InChI is InChI=1S/C12H15ClO2/c1-8(9(2)15-10(3)14)11-5-4-6-12(13)7-11/h4-9H,1-3H3/t8-,9-/m1/s1. The Kier molecular flexibility index (Phi) is 4.15. The molecule has 2 atom stereocenters. The van der Waals surface area contributed by atoms with E-state index in [0.29, 0.717) is 5.02 Å². The first-order chi connectivity index (χ1) is 7.00. The Hall–Kier alpha value is -1.02. The number of benzene rings is 1. The molecule has 1 rings (SSSR count). The van der Waals surface area contributed by atoms with Crippen LogP contribution in [0.1, 0.15) is 32.3 Å². The molecule has 0 bridgehead atoms. The molecule has 0 aromatic heterocycles. The third-order valence-electron chi connectivity index (χ3n) is 2.43. The molecule has 82 valence electrons. The Balaban J connectivity index is 2.75. The van der Waals surface area contributed by atoms with Crippen molar-refractivity contribution in [3.05, 3.63) is 34.9 Å². The minimum absolute atomic E-state index is 0.138. The number of ether oxygens (including phenoxy) is 1. The molecule has 0 amide bonds. The predicted octanol–water partition coefficient (Wildman–Crippen LogP) is 3.40. The average molecular weight is 227 g/mol. The highest BCUT2D eigenvalue weighted by molar-refractivity contribution is 6.30. The molecular formula is C12H15ClO2. The molecule has 0 spiro atoms. The Morgan fingerprint density at radius 3 is 2.60 bits per heavy atom. The maximum atomic E-state index is 10.8. The second kappa shape index (κ2) is 5.17. The quantitative estimate of drug-likeness (QED) is 0.739. The van der Waals surface area contributed by atoms with Crippen molar-refractivity contribution >= 4 is 17.6 Å². The normalized spacial score (nSPS) is 14.4. The lowest BCUT2D eigenvalue weighted by atomic mass is 9.96. The zero-order chi connectivity index (χ0) is 11.4. The van der Waals surface area contributed by atoms with Gasteiger partial charge in [0.05, 0.1) is 0 Å². The third-order valence-corrected chi connectivity index (χ3v) is 2.67. The van der Waals surface area contributed by atoms with E-state index in [1.54, 1.807) is 0 Å². The van der Waals surface area contributed by atoms with Crippen LogP contribution in [0.4, 0.5) is 0 Å². The van der Waals surface area contributed by atoms with Gasteiger partial charge in [-0.05, 0) is 24.6 Å². The summed E-state index contributed by atoms with van der Waals surface area (Å²) in [5, 5.41) is 0.703. The van der Waals surface area contributed by atoms with E-state index in [2.05, 4.69) is 0 Å². The van der Waals surface area contributed by atoms with Crippen molar-refractivity contribution in [2.75, 3.05) is 0 Å². The van der Waals surface area contributed by atoms with Crippen LogP contribution in [0.3, 0.4) is 0 Å². The molecule has 1 aromatic carbocycles. The Morgan fingerprint density at radius 2 is 2.07 bits per heavy atom. The fourth-order valence-corrected chi connectivity index (χ4v) is 1.62. The highest BCUT2D eigenvalue weighted by atomic mass is 35.5. The number of halogens is 1. The van der Waals surface area contributed by atoms with Crippen LogP contribution in [0.5, 0.6) is 0 Å². The molecule has 1 aromatic rings. The Morgan fingerprint density at radius 1 is 1.40 bits per heavy atom. The van der Waals surface area contributed by atoms with Crippen LogP contribution in [-0.4, -0.2) is 12.1 Å². The van der Waals surface area contributed by atoms with Crippen LogP contribution in [0.2, 0.25) is 5.02 Å². The van der Waals surface area contributed by atoms with Gasteiger partial charge in [0.25, 0.3) is 0 Å². The summed E-state index contributed by atoms with van der Waals surface area (Å²) in [5.41, 5.74) is 1.08. The molecule has 0 aliphatic rings. The molecule has 0 N–H and O–H groups in total. The summed E-state index contributed by atoms with van der Waals surface area (Å²) in [7, 11) is 0. The van der Waals surface area contributed by atoms with Gasteiger partial charge in [0, 0.05) is 17.9 Å². The first kappa shape index (κ1) is 12.1. The second-order valence-electron chi connectivity index (χ2n) is 3.66. The van der Waals surface area contributed by atoms with E-state index in [0.717, 1.165) is 5.56 Å². The van der Waals surface area contributed by atoms with Gasteiger partial charge in [0.1, 0.15) is 6.10 Å². The van der Waals surface area contributed by atoms with Crippen molar-refractivity contribution in [1.82, 2.24) is 0 Å². The lowest BCUT2D eigenvalue weighted by Crippen LogP contribution is -2.19. The number of rotatable bonds is 3. The summed E-state index contributed by atoms with van der Waals surface area (Å²) in [6.07, 6.45) is -0.138. The SMILES string of the molecule is CC(=O)O[C@H](C)[C@@H](C)c1cccc(Cl)c1. The lowest BCUT2D eigenvalue weighted by molar-refractivity contribution is -0.146. The molecule has 0 saturated heterocycles. The van der Waals surface area contributed by atoms with E-state index in [1.165, 1.54) is 6.92 Å². The van der Waals surface area contributed by atoms with E-state index in [-0.39, 0.29) is 18.0 Å². The van der Waals surface area contributed by atoms with Gasteiger partial charge in [-0.25, -0.2) is 0 Å². The maximum absolute atomic E-state index is 10.8. The average Bonchev–Trinajstić information content (AvgIpc) is 2.15. The Labute approximate surface area is 95.2 Å². The van der Waals surface area contributed by atoms with Crippen molar-refractivity contribution in [2.45, 2.75) is 32.8 Å². The van der Waals surface area contributed by atoms with Crippen LogP contribution in [0, 0.1) is 0 Å². The monoisotopic (exact) mass is 226 g/mol. The summed E-state index contributed by atoms with van der Waals surface area (Å²) in [6, 6.07) is 7.60. The molecule has 0 unspecified atom stereocenters. The number of hydrogen-bond donors (Lipinski definition) is 0. The topological polar surface area (TPSA) is 26.3 Å². The van der Waals surface area contributed by atoms with Gasteiger partial charge >= 0.3 is 5.97 Å². The first-order valence-electron chi connectivity index (χ1n) is 4.93. The van der Waals surface area contributed by atoms with Crippen molar-refractivity contribution in [3.8, 4) is 0 Å². The third kappa shape index (κ3) is 3.56. The summed E-state index contributed by atoms with van der Waals surface area (Å²) in [6.45, 7) is 5.31. The molecule has 0 aliphatic carbocycles. The molecule has 0 saturated carbocycles. The van der Waals surface area contributed by atoms with E-state index >= 15 is 0 Å². The highest BCUT2D eigenvalue weighted by Crippen LogP contribution is 2.23. The van der Waals surface area contributed by atoms with Crippen molar-refractivity contribution in [3.63, 3.8) is 0 Å². The molecule has 2 nitrogen and oxygen atoms in total. The van der Waals surface area contributed by atoms with Crippen LogP contribution < -0.4 is 0 Å². The van der Waals surface area contributed by atoms with Gasteiger partial charge < -0.3 is 4.74 Å². The molecule has 0 radical (unpaired) electrons. The van der Waals surface area contributed by atoms with Gasteiger partial charge in [0.15, 0.2) is 0 Å². The van der Waals surface area contributed by atoms with Crippen LogP contribution >= 0.6 is 11.6 Å². The molecule has 3 heteroatoms. The van der Waals surface area contributed by atoms with Gasteiger partial charge in [0.2, 0.25) is 0 Å². The Bertz CT molecular complexity index is 349. The first-order valence-corrected chi connectivity index (χ1v) is 5.31. The maximum Gasteiger partial charge on any atom is 0.302 e. The number of hydrogen-bond acceptors (Lipinski definition) is 2.